The fraction of sp³-hybridized carbons (Fsp3) is 0.136. The van der Waals surface area contributed by atoms with Crippen molar-refractivity contribution in [2.24, 2.45) is 0 Å². The lowest BCUT2D eigenvalue weighted by molar-refractivity contribution is 0.0984. The highest BCUT2D eigenvalue weighted by molar-refractivity contribution is 7.99. The second-order valence-electron chi connectivity index (χ2n) is 6.49. The van der Waals surface area contributed by atoms with Crippen molar-refractivity contribution in [3.05, 3.63) is 71.7 Å². The largest absolute Gasteiger partial charge is 0.494 e. The Balaban J connectivity index is 1.67. The third-order valence-corrected chi connectivity index (χ3v) is 5.76. The van der Waals surface area contributed by atoms with Crippen molar-refractivity contribution in [2.75, 3.05) is 23.9 Å². The number of fused-ring (bicyclic) bond motifs is 2. The molecule has 0 unspecified atom stereocenters. The van der Waals surface area contributed by atoms with Crippen LogP contribution in [0.2, 0.25) is 0 Å². The molecule has 0 atom stereocenters. The number of hydrogen-bond acceptors (Lipinski definition) is 5. The quantitative estimate of drug-likeness (QED) is 0.663. The zero-order valence-corrected chi connectivity index (χ0v) is 17.1. The van der Waals surface area contributed by atoms with E-state index in [1.807, 2.05) is 6.92 Å². The number of anilines is 2. The molecule has 2 amide bonds. The Morgan fingerprint density at radius 2 is 2.07 bits per heavy atom. The number of carbonyl (C=O) groups is 2. The fourth-order valence-corrected chi connectivity index (χ4v) is 4.27. The SMILES string of the molecule is CCN1C(=O)c2cccnc2Sc2cc(C(=O)Nc3ccc(OC)c(F)c3)ccc21. The van der Waals surface area contributed by atoms with E-state index in [9.17, 15) is 14.0 Å². The molecule has 0 saturated carbocycles. The second kappa shape index (κ2) is 8.16. The molecule has 6 nitrogen and oxygen atoms in total. The maximum Gasteiger partial charge on any atom is 0.261 e. The number of aromatic nitrogens is 1. The lowest BCUT2D eigenvalue weighted by atomic mass is 10.1. The molecule has 0 aliphatic carbocycles. The van der Waals surface area contributed by atoms with E-state index in [1.54, 1.807) is 47.5 Å². The Kier molecular flexibility index (Phi) is 5.41. The minimum Gasteiger partial charge on any atom is -0.494 e. The van der Waals surface area contributed by atoms with E-state index < -0.39 is 5.82 Å². The number of halogens is 1. The molecule has 0 saturated heterocycles. The fourth-order valence-electron chi connectivity index (χ4n) is 3.22. The first kappa shape index (κ1) is 19.9. The molecule has 3 aromatic rings. The molecule has 2 heterocycles. The molecule has 8 heteroatoms. The minimum absolute atomic E-state index is 0.102. The predicted molar refractivity (Wildman–Crippen MR) is 113 cm³/mol. The number of nitrogens with one attached hydrogen (secondary N) is 1. The first-order valence-electron chi connectivity index (χ1n) is 9.25. The molecule has 1 aliphatic heterocycles. The Bertz CT molecular complexity index is 1150. The number of pyridine rings is 1. The van der Waals surface area contributed by atoms with Crippen molar-refractivity contribution in [3.63, 3.8) is 0 Å². The van der Waals surface area contributed by atoms with Crippen LogP contribution in [0.1, 0.15) is 27.6 Å². The van der Waals surface area contributed by atoms with Crippen molar-refractivity contribution < 1.29 is 18.7 Å². The molecular weight excluding hydrogens is 405 g/mol. The number of nitrogens with zero attached hydrogens (tertiary/aromatic N) is 2. The van der Waals surface area contributed by atoms with Crippen molar-refractivity contribution in [3.8, 4) is 5.75 Å². The van der Waals surface area contributed by atoms with E-state index in [-0.39, 0.29) is 17.6 Å². The number of methoxy groups -OCH3 is 1. The van der Waals surface area contributed by atoms with Gasteiger partial charge < -0.3 is 15.0 Å². The van der Waals surface area contributed by atoms with Crippen LogP contribution in [-0.4, -0.2) is 30.5 Å². The summed E-state index contributed by atoms with van der Waals surface area (Å²) in [6.07, 6.45) is 1.63. The molecule has 0 bridgehead atoms. The van der Waals surface area contributed by atoms with Gasteiger partial charge >= 0.3 is 0 Å². The van der Waals surface area contributed by atoms with Crippen LogP contribution < -0.4 is 15.0 Å². The van der Waals surface area contributed by atoms with Crippen LogP contribution >= 0.6 is 11.8 Å². The molecule has 2 aromatic carbocycles. The van der Waals surface area contributed by atoms with Crippen LogP contribution in [0.4, 0.5) is 15.8 Å². The molecule has 0 spiro atoms. The van der Waals surface area contributed by atoms with E-state index in [0.717, 1.165) is 10.6 Å². The summed E-state index contributed by atoms with van der Waals surface area (Å²) in [5.41, 5.74) is 1.96. The maximum atomic E-state index is 13.9. The van der Waals surface area contributed by atoms with Crippen LogP contribution in [0, 0.1) is 5.82 Å². The van der Waals surface area contributed by atoms with Gasteiger partial charge in [0, 0.05) is 35.0 Å². The number of carbonyl (C=O) groups excluding carboxylic acids is 2. The molecule has 4 rings (SSSR count). The maximum absolute atomic E-state index is 13.9. The van der Waals surface area contributed by atoms with Gasteiger partial charge in [0.25, 0.3) is 11.8 Å². The summed E-state index contributed by atoms with van der Waals surface area (Å²) in [5.74, 6) is -0.974. The van der Waals surface area contributed by atoms with Gasteiger partial charge in [-0.2, -0.15) is 0 Å². The van der Waals surface area contributed by atoms with Gasteiger partial charge in [0.2, 0.25) is 0 Å². The standard InChI is InChI=1S/C22H18FN3O3S/c1-3-26-17-8-6-13(20(27)25-14-7-9-18(29-2)16(23)12-14)11-19(17)30-21-15(22(26)28)5-4-10-24-21/h4-12H,3H2,1-2H3,(H,25,27). The van der Waals surface area contributed by atoms with Crippen molar-refractivity contribution in [2.45, 2.75) is 16.8 Å². The highest BCUT2D eigenvalue weighted by Crippen LogP contribution is 2.40. The summed E-state index contributed by atoms with van der Waals surface area (Å²) in [6, 6.07) is 12.8. The zero-order chi connectivity index (χ0) is 21.3. The number of ether oxygens (including phenoxy) is 1. The molecule has 0 fully saturated rings. The van der Waals surface area contributed by atoms with Gasteiger partial charge in [0.05, 0.1) is 18.4 Å². The molecule has 1 N–H and O–H groups in total. The zero-order valence-electron chi connectivity index (χ0n) is 16.3. The lowest BCUT2D eigenvalue weighted by Gasteiger charge is -2.21. The number of benzene rings is 2. The predicted octanol–water partition coefficient (Wildman–Crippen LogP) is 4.61. The van der Waals surface area contributed by atoms with E-state index in [0.29, 0.717) is 28.4 Å². The third-order valence-electron chi connectivity index (χ3n) is 4.69. The van der Waals surface area contributed by atoms with E-state index in [2.05, 4.69) is 10.3 Å². The van der Waals surface area contributed by atoms with Gasteiger partial charge in [-0.05, 0) is 49.4 Å². The van der Waals surface area contributed by atoms with Crippen LogP contribution in [0.25, 0.3) is 0 Å². The van der Waals surface area contributed by atoms with Crippen molar-refractivity contribution in [1.29, 1.82) is 0 Å². The highest BCUT2D eigenvalue weighted by Gasteiger charge is 2.27. The summed E-state index contributed by atoms with van der Waals surface area (Å²) in [7, 11) is 1.38. The minimum atomic E-state index is -0.562. The van der Waals surface area contributed by atoms with Crippen LogP contribution in [-0.2, 0) is 0 Å². The number of amides is 2. The van der Waals surface area contributed by atoms with Crippen molar-refractivity contribution in [1.82, 2.24) is 4.98 Å². The Morgan fingerprint density at radius 3 is 2.80 bits per heavy atom. The number of rotatable bonds is 4. The van der Waals surface area contributed by atoms with Gasteiger partial charge in [0.15, 0.2) is 11.6 Å². The molecule has 0 radical (unpaired) electrons. The Labute approximate surface area is 177 Å². The molecule has 30 heavy (non-hydrogen) atoms. The molecule has 1 aliphatic rings. The van der Waals surface area contributed by atoms with Gasteiger partial charge in [-0.15, -0.1) is 0 Å². The monoisotopic (exact) mass is 423 g/mol. The second-order valence-corrected chi connectivity index (χ2v) is 7.52. The molecule has 1 aromatic heterocycles. The van der Waals surface area contributed by atoms with E-state index in [4.69, 9.17) is 4.74 Å². The van der Waals surface area contributed by atoms with Crippen molar-refractivity contribution >= 4 is 35.0 Å². The normalized spacial score (nSPS) is 12.6. The van der Waals surface area contributed by atoms with Gasteiger partial charge in [-0.1, -0.05) is 11.8 Å². The summed E-state index contributed by atoms with van der Waals surface area (Å²) in [4.78, 5) is 32.4. The Morgan fingerprint density at radius 1 is 1.23 bits per heavy atom. The van der Waals surface area contributed by atoms with E-state index >= 15 is 0 Å². The van der Waals surface area contributed by atoms with Gasteiger partial charge in [-0.25, -0.2) is 9.37 Å². The summed E-state index contributed by atoms with van der Waals surface area (Å²) >= 11 is 1.34. The Hall–Kier alpha value is -3.39. The third kappa shape index (κ3) is 3.61. The summed E-state index contributed by atoms with van der Waals surface area (Å²) in [6.45, 7) is 2.38. The average Bonchev–Trinajstić information content (AvgIpc) is 2.87. The van der Waals surface area contributed by atoms with Gasteiger partial charge in [0.1, 0.15) is 5.03 Å². The highest BCUT2D eigenvalue weighted by atomic mass is 32.2. The molecule has 152 valence electrons. The summed E-state index contributed by atoms with van der Waals surface area (Å²) < 4.78 is 18.8. The lowest BCUT2D eigenvalue weighted by Crippen LogP contribution is -2.30. The van der Waals surface area contributed by atoms with E-state index in [1.165, 1.54) is 31.0 Å². The number of hydrogen-bond donors (Lipinski definition) is 1. The van der Waals surface area contributed by atoms with Crippen LogP contribution in [0.3, 0.4) is 0 Å². The van der Waals surface area contributed by atoms with Crippen LogP contribution in [0.15, 0.2) is 64.6 Å². The van der Waals surface area contributed by atoms with Crippen LogP contribution in [0.5, 0.6) is 5.75 Å². The topological polar surface area (TPSA) is 71.5 Å². The first-order valence-corrected chi connectivity index (χ1v) is 10.1. The summed E-state index contributed by atoms with van der Waals surface area (Å²) in [5, 5.41) is 3.28. The average molecular weight is 423 g/mol. The van der Waals surface area contributed by atoms with Gasteiger partial charge in [-0.3, -0.25) is 9.59 Å². The first-order chi connectivity index (χ1) is 14.5. The molecular formula is C22H18FN3O3S. The smallest absolute Gasteiger partial charge is 0.261 e.